The number of carbonyl (C=O) groups excluding carboxylic acids is 1. The van der Waals surface area contributed by atoms with Crippen LogP contribution in [0.3, 0.4) is 0 Å². The lowest BCUT2D eigenvalue weighted by Crippen LogP contribution is -2.41. The SMILES string of the molecule is CCN(C(=O)CCSc1ccc(C)cc1)C1CCNC1. The minimum atomic E-state index is 0.292. The Hall–Kier alpha value is -1.00. The van der Waals surface area contributed by atoms with Crippen molar-refractivity contribution in [3.8, 4) is 0 Å². The molecule has 1 saturated heterocycles. The maximum absolute atomic E-state index is 12.3. The lowest BCUT2D eigenvalue weighted by molar-refractivity contribution is -0.132. The summed E-state index contributed by atoms with van der Waals surface area (Å²) in [5, 5.41) is 3.33. The smallest absolute Gasteiger partial charge is 0.223 e. The molecule has 1 N–H and O–H groups in total. The lowest BCUT2D eigenvalue weighted by Gasteiger charge is -2.27. The highest BCUT2D eigenvalue weighted by atomic mass is 32.2. The van der Waals surface area contributed by atoms with Gasteiger partial charge < -0.3 is 10.2 Å². The Labute approximate surface area is 126 Å². The summed E-state index contributed by atoms with van der Waals surface area (Å²) in [6.07, 6.45) is 1.72. The van der Waals surface area contributed by atoms with Crippen LogP contribution in [-0.4, -0.2) is 42.2 Å². The fraction of sp³-hybridized carbons (Fsp3) is 0.562. The number of carbonyl (C=O) groups is 1. The molecule has 1 aromatic rings. The van der Waals surface area contributed by atoms with Crippen LogP contribution in [0.25, 0.3) is 0 Å². The molecule has 1 aliphatic heterocycles. The minimum Gasteiger partial charge on any atom is -0.339 e. The van der Waals surface area contributed by atoms with E-state index in [1.54, 1.807) is 11.8 Å². The van der Waals surface area contributed by atoms with E-state index >= 15 is 0 Å². The van der Waals surface area contributed by atoms with E-state index in [0.29, 0.717) is 18.4 Å². The number of benzene rings is 1. The highest BCUT2D eigenvalue weighted by Crippen LogP contribution is 2.20. The van der Waals surface area contributed by atoms with Gasteiger partial charge in [-0.05, 0) is 38.9 Å². The van der Waals surface area contributed by atoms with Gasteiger partial charge in [0.15, 0.2) is 0 Å². The molecule has 0 saturated carbocycles. The monoisotopic (exact) mass is 292 g/mol. The molecule has 1 aromatic carbocycles. The van der Waals surface area contributed by atoms with E-state index in [9.17, 15) is 4.79 Å². The van der Waals surface area contributed by atoms with Crippen molar-refractivity contribution in [1.29, 1.82) is 0 Å². The molecule has 1 aliphatic rings. The Morgan fingerprint density at radius 2 is 2.15 bits per heavy atom. The van der Waals surface area contributed by atoms with Gasteiger partial charge in [0, 0.05) is 36.2 Å². The third kappa shape index (κ3) is 4.25. The van der Waals surface area contributed by atoms with Crippen molar-refractivity contribution in [3.63, 3.8) is 0 Å². The van der Waals surface area contributed by atoms with Crippen LogP contribution in [0, 0.1) is 6.92 Å². The summed E-state index contributed by atoms with van der Waals surface area (Å²) in [6, 6.07) is 8.89. The molecule has 0 bridgehead atoms. The Balaban J connectivity index is 1.77. The Bertz CT molecular complexity index is 427. The highest BCUT2D eigenvalue weighted by Gasteiger charge is 2.24. The number of nitrogens with one attached hydrogen (secondary N) is 1. The highest BCUT2D eigenvalue weighted by molar-refractivity contribution is 7.99. The van der Waals surface area contributed by atoms with Gasteiger partial charge in [-0.2, -0.15) is 0 Å². The predicted molar refractivity (Wildman–Crippen MR) is 85.2 cm³/mol. The predicted octanol–water partition coefficient (Wildman–Crippen LogP) is 2.69. The van der Waals surface area contributed by atoms with E-state index in [1.165, 1.54) is 10.5 Å². The molecule has 1 fully saturated rings. The van der Waals surface area contributed by atoms with Crippen LogP contribution in [0.2, 0.25) is 0 Å². The zero-order chi connectivity index (χ0) is 14.4. The largest absolute Gasteiger partial charge is 0.339 e. The summed E-state index contributed by atoms with van der Waals surface area (Å²) in [4.78, 5) is 15.6. The van der Waals surface area contributed by atoms with Gasteiger partial charge >= 0.3 is 0 Å². The molecule has 2 rings (SSSR count). The van der Waals surface area contributed by atoms with Gasteiger partial charge in [0.1, 0.15) is 0 Å². The average Bonchev–Trinajstić information content (AvgIpc) is 2.96. The Kier molecular flexibility index (Phi) is 5.92. The van der Waals surface area contributed by atoms with Gasteiger partial charge in [-0.3, -0.25) is 4.79 Å². The average molecular weight is 292 g/mol. The van der Waals surface area contributed by atoms with E-state index in [1.807, 2.05) is 4.90 Å². The molecule has 1 amide bonds. The second-order valence-electron chi connectivity index (χ2n) is 5.24. The molecule has 110 valence electrons. The Morgan fingerprint density at radius 3 is 2.75 bits per heavy atom. The molecule has 4 heteroatoms. The second-order valence-corrected chi connectivity index (χ2v) is 6.41. The summed E-state index contributed by atoms with van der Waals surface area (Å²) < 4.78 is 0. The number of thioether (sulfide) groups is 1. The first-order valence-corrected chi connectivity index (χ1v) is 8.39. The van der Waals surface area contributed by atoms with Crippen LogP contribution < -0.4 is 5.32 Å². The normalized spacial score (nSPS) is 18.2. The standard InChI is InChI=1S/C16H24N2OS/c1-3-18(14-8-10-17-12-14)16(19)9-11-20-15-6-4-13(2)5-7-15/h4-7,14,17H,3,8-12H2,1-2H3. The second kappa shape index (κ2) is 7.70. The molecule has 3 nitrogen and oxygen atoms in total. The Morgan fingerprint density at radius 1 is 1.40 bits per heavy atom. The van der Waals surface area contributed by atoms with Crippen molar-refractivity contribution in [3.05, 3.63) is 29.8 Å². The summed E-state index contributed by atoms with van der Waals surface area (Å²) >= 11 is 1.76. The molecule has 1 atom stereocenters. The molecule has 20 heavy (non-hydrogen) atoms. The molecule has 1 unspecified atom stereocenters. The fourth-order valence-corrected chi connectivity index (χ4v) is 3.42. The van der Waals surface area contributed by atoms with Crippen LogP contribution >= 0.6 is 11.8 Å². The first-order chi connectivity index (χ1) is 9.70. The zero-order valence-electron chi connectivity index (χ0n) is 12.4. The van der Waals surface area contributed by atoms with E-state index in [-0.39, 0.29) is 0 Å². The van der Waals surface area contributed by atoms with E-state index < -0.39 is 0 Å². The van der Waals surface area contributed by atoms with Crippen molar-refractivity contribution in [2.24, 2.45) is 0 Å². The number of rotatable bonds is 6. The van der Waals surface area contributed by atoms with Crippen molar-refractivity contribution in [2.75, 3.05) is 25.4 Å². The summed E-state index contributed by atoms with van der Waals surface area (Å²) in [6.45, 7) is 6.97. The quantitative estimate of drug-likeness (QED) is 0.818. The molecule has 1 heterocycles. The first-order valence-electron chi connectivity index (χ1n) is 7.40. The van der Waals surface area contributed by atoms with Crippen molar-refractivity contribution in [2.45, 2.75) is 37.6 Å². The molecule has 0 aliphatic carbocycles. The van der Waals surface area contributed by atoms with Gasteiger partial charge in [0.05, 0.1) is 0 Å². The van der Waals surface area contributed by atoms with Gasteiger partial charge in [0.2, 0.25) is 5.91 Å². The van der Waals surface area contributed by atoms with Gasteiger partial charge in [-0.25, -0.2) is 0 Å². The van der Waals surface area contributed by atoms with Crippen LogP contribution in [0.15, 0.2) is 29.2 Å². The van der Waals surface area contributed by atoms with Crippen LogP contribution in [0.5, 0.6) is 0 Å². The molecule has 0 aromatic heterocycles. The summed E-state index contributed by atoms with van der Waals surface area (Å²) in [5.74, 6) is 1.15. The number of amides is 1. The molecular weight excluding hydrogens is 268 g/mol. The van der Waals surface area contributed by atoms with Crippen molar-refractivity contribution < 1.29 is 4.79 Å². The number of likely N-dealkylation sites (N-methyl/N-ethyl adjacent to an activating group) is 1. The number of aryl methyl sites for hydroxylation is 1. The molecular formula is C16H24N2OS. The topological polar surface area (TPSA) is 32.3 Å². The van der Waals surface area contributed by atoms with E-state index in [4.69, 9.17) is 0 Å². The van der Waals surface area contributed by atoms with Crippen LogP contribution in [0.4, 0.5) is 0 Å². The van der Waals surface area contributed by atoms with Crippen LogP contribution in [-0.2, 0) is 4.79 Å². The lowest BCUT2D eigenvalue weighted by atomic mass is 10.2. The molecule has 0 spiro atoms. The minimum absolute atomic E-state index is 0.292. The summed E-state index contributed by atoms with van der Waals surface area (Å²) in [5.41, 5.74) is 1.27. The number of hydrogen-bond donors (Lipinski definition) is 1. The van der Waals surface area contributed by atoms with Crippen LogP contribution in [0.1, 0.15) is 25.3 Å². The van der Waals surface area contributed by atoms with Gasteiger partial charge in [-0.1, -0.05) is 17.7 Å². The van der Waals surface area contributed by atoms with Gasteiger partial charge in [0.25, 0.3) is 0 Å². The van der Waals surface area contributed by atoms with Crippen molar-refractivity contribution >= 4 is 17.7 Å². The maximum atomic E-state index is 12.3. The molecule has 0 radical (unpaired) electrons. The third-order valence-electron chi connectivity index (χ3n) is 3.74. The maximum Gasteiger partial charge on any atom is 0.223 e. The van der Waals surface area contributed by atoms with Gasteiger partial charge in [-0.15, -0.1) is 11.8 Å². The van der Waals surface area contributed by atoms with E-state index in [2.05, 4.69) is 43.4 Å². The summed E-state index contributed by atoms with van der Waals surface area (Å²) in [7, 11) is 0. The van der Waals surface area contributed by atoms with E-state index in [0.717, 1.165) is 31.8 Å². The first kappa shape index (κ1) is 15.4. The fourth-order valence-electron chi connectivity index (χ4n) is 2.58. The number of nitrogens with zero attached hydrogens (tertiary/aromatic N) is 1. The zero-order valence-corrected chi connectivity index (χ0v) is 13.2. The van der Waals surface area contributed by atoms with Crippen molar-refractivity contribution in [1.82, 2.24) is 10.2 Å². The number of hydrogen-bond acceptors (Lipinski definition) is 3. The third-order valence-corrected chi connectivity index (χ3v) is 4.76.